The van der Waals surface area contributed by atoms with E-state index in [4.69, 9.17) is 0 Å². The van der Waals surface area contributed by atoms with Crippen LogP contribution in [0, 0.1) is 19.8 Å². The van der Waals surface area contributed by atoms with Gasteiger partial charge in [-0.25, -0.2) is 9.67 Å². The van der Waals surface area contributed by atoms with Crippen LogP contribution in [0.3, 0.4) is 0 Å². The third-order valence-electron chi connectivity index (χ3n) is 7.26. The monoisotopic (exact) mass is 423 g/mol. The summed E-state index contributed by atoms with van der Waals surface area (Å²) in [5.41, 5.74) is 1.83. The Balaban J connectivity index is 1.27. The van der Waals surface area contributed by atoms with Crippen LogP contribution in [0.25, 0.3) is 0 Å². The van der Waals surface area contributed by atoms with Crippen molar-refractivity contribution in [3.63, 3.8) is 0 Å². The molecule has 2 fully saturated rings. The summed E-state index contributed by atoms with van der Waals surface area (Å²) in [6.07, 6.45) is 7.34. The first kappa shape index (κ1) is 22.0. The quantitative estimate of drug-likeness (QED) is 0.739. The zero-order chi connectivity index (χ0) is 21.8. The van der Waals surface area contributed by atoms with Gasteiger partial charge >= 0.3 is 0 Å². The summed E-state index contributed by atoms with van der Waals surface area (Å²) in [5, 5.41) is 7.68. The number of aryl methyl sites for hydroxylation is 2. The molecule has 31 heavy (non-hydrogen) atoms. The molecule has 2 aliphatic rings. The first-order valence-electron chi connectivity index (χ1n) is 11.9. The van der Waals surface area contributed by atoms with E-state index in [1.165, 1.54) is 31.2 Å². The Morgan fingerprint density at radius 1 is 1.16 bits per heavy atom. The van der Waals surface area contributed by atoms with Gasteiger partial charge in [-0.1, -0.05) is 50.1 Å². The second kappa shape index (κ2) is 9.51. The molecule has 1 unspecified atom stereocenters. The molecule has 6 nitrogen and oxygen atoms in total. The number of rotatable bonds is 7. The molecule has 1 atom stereocenters. The van der Waals surface area contributed by atoms with Gasteiger partial charge in [0.2, 0.25) is 5.91 Å². The Labute approximate surface area is 186 Å². The van der Waals surface area contributed by atoms with Crippen LogP contribution in [0.2, 0.25) is 0 Å². The van der Waals surface area contributed by atoms with Crippen LogP contribution >= 0.6 is 0 Å². The van der Waals surface area contributed by atoms with E-state index in [1.807, 2.05) is 25.5 Å². The summed E-state index contributed by atoms with van der Waals surface area (Å²) in [6, 6.07) is 11.4. The second-order valence-corrected chi connectivity index (χ2v) is 9.70. The third-order valence-corrected chi connectivity index (χ3v) is 7.26. The van der Waals surface area contributed by atoms with Crippen molar-refractivity contribution in [2.45, 2.75) is 77.3 Å². The fourth-order valence-electron chi connectivity index (χ4n) is 5.46. The molecule has 1 aromatic heterocycles. The molecular formula is C25H37N5O. The van der Waals surface area contributed by atoms with Gasteiger partial charge in [0.05, 0.1) is 12.5 Å². The normalized spacial score (nSPS) is 20.6. The van der Waals surface area contributed by atoms with Gasteiger partial charge in [0.1, 0.15) is 11.6 Å². The zero-order valence-electron chi connectivity index (χ0n) is 19.3. The number of aromatic nitrogens is 3. The van der Waals surface area contributed by atoms with Gasteiger partial charge in [0.15, 0.2) is 0 Å². The Bertz CT molecular complexity index is 863. The number of nitrogens with zero attached hydrogens (tertiary/aromatic N) is 4. The van der Waals surface area contributed by atoms with Crippen LogP contribution < -0.4 is 5.32 Å². The molecule has 1 aliphatic carbocycles. The summed E-state index contributed by atoms with van der Waals surface area (Å²) in [4.78, 5) is 19.7. The van der Waals surface area contributed by atoms with Crippen LogP contribution in [0.4, 0.5) is 0 Å². The fraction of sp³-hybridized carbons (Fsp3) is 0.640. The van der Waals surface area contributed by atoms with Crippen LogP contribution in [0.1, 0.15) is 62.7 Å². The summed E-state index contributed by atoms with van der Waals surface area (Å²) in [6.45, 7) is 9.66. The van der Waals surface area contributed by atoms with Crippen molar-refractivity contribution in [1.82, 2.24) is 25.0 Å². The van der Waals surface area contributed by atoms with Crippen molar-refractivity contribution in [1.29, 1.82) is 0 Å². The van der Waals surface area contributed by atoms with Crippen molar-refractivity contribution in [2.24, 2.45) is 5.92 Å². The minimum atomic E-state index is -0.113. The first-order valence-corrected chi connectivity index (χ1v) is 11.9. The van der Waals surface area contributed by atoms with E-state index >= 15 is 0 Å². The summed E-state index contributed by atoms with van der Waals surface area (Å²) in [5.74, 6) is 1.64. The Hall–Kier alpha value is -2.21. The second-order valence-electron chi connectivity index (χ2n) is 9.70. The molecule has 1 saturated heterocycles. The number of piperidine rings is 1. The average molecular weight is 424 g/mol. The average Bonchev–Trinajstić information content (AvgIpc) is 3.36. The van der Waals surface area contributed by atoms with E-state index in [0.717, 1.165) is 44.1 Å². The lowest BCUT2D eigenvalue weighted by Crippen LogP contribution is -2.49. The van der Waals surface area contributed by atoms with Gasteiger partial charge in [0, 0.05) is 31.1 Å². The summed E-state index contributed by atoms with van der Waals surface area (Å²) < 4.78 is 1.84. The van der Waals surface area contributed by atoms with Crippen LogP contribution in [0.5, 0.6) is 0 Å². The molecule has 1 saturated carbocycles. The molecule has 1 aromatic carbocycles. The van der Waals surface area contributed by atoms with Crippen LogP contribution in [-0.2, 0) is 16.8 Å². The lowest BCUT2D eigenvalue weighted by atomic mass is 9.78. The predicted octanol–water partition coefficient (Wildman–Crippen LogP) is 3.62. The van der Waals surface area contributed by atoms with Crippen molar-refractivity contribution in [2.75, 3.05) is 19.6 Å². The Morgan fingerprint density at radius 2 is 1.84 bits per heavy atom. The Morgan fingerprint density at radius 3 is 2.45 bits per heavy atom. The number of nitrogens with one attached hydrogen (secondary N) is 1. The van der Waals surface area contributed by atoms with Gasteiger partial charge in [-0.3, -0.25) is 4.79 Å². The highest BCUT2D eigenvalue weighted by molar-refractivity contribution is 5.78. The smallest absolute Gasteiger partial charge is 0.224 e. The molecule has 1 amide bonds. The van der Waals surface area contributed by atoms with Crippen molar-refractivity contribution >= 4 is 5.91 Å². The highest BCUT2D eigenvalue weighted by Crippen LogP contribution is 2.42. The number of benzene rings is 1. The van der Waals surface area contributed by atoms with Gasteiger partial charge in [-0.05, 0) is 45.1 Å². The fourth-order valence-corrected chi connectivity index (χ4v) is 5.46. The van der Waals surface area contributed by atoms with Crippen molar-refractivity contribution in [3.05, 3.63) is 47.5 Å². The van der Waals surface area contributed by atoms with E-state index in [0.29, 0.717) is 12.0 Å². The molecular weight excluding hydrogens is 386 g/mol. The maximum atomic E-state index is 12.7. The number of amides is 1. The van der Waals surface area contributed by atoms with E-state index in [9.17, 15) is 4.79 Å². The molecule has 0 radical (unpaired) electrons. The van der Waals surface area contributed by atoms with Gasteiger partial charge in [0.25, 0.3) is 0 Å². The highest BCUT2D eigenvalue weighted by atomic mass is 16.2. The van der Waals surface area contributed by atoms with Crippen molar-refractivity contribution in [3.8, 4) is 0 Å². The topological polar surface area (TPSA) is 63.1 Å². The maximum absolute atomic E-state index is 12.7. The third kappa shape index (κ3) is 5.17. The first-order chi connectivity index (χ1) is 14.9. The highest BCUT2D eigenvalue weighted by Gasteiger charge is 2.38. The summed E-state index contributed by atoms with van der Waals surface area (Å²) >= 11 is 0. The van der Waals surface area contributed by atoms with Gasteiger partial charge in [-0.2, -0.15) is 5.10 Å². The molecule has 2 heterocycles. The molecule has 4 rings (SSSR count). The number of carbonyl (C=O) groups excluding carboxylic acids is 1. The molecule has 0 bridgehead atoms. The number of carbonyl (C=O) groups is 1. The zero-order valence-corrected chi connectivity index (χ0v) is 19.3. The largest absolute Gasteiger partial charge is 0.353 e. The standard InChI is InChI=1S/C25H37N5O/c1-19(17-30-21(3)26-20(2)28-30)24(31)27-23-11-15-29(16-12-23)18-25(13-7-8-14-25)22-9-5-4-6-10-22/h4-6,9-10,19,23H,7-8,11-18H2,1-3H3,(H,27,31). The number of hydrogen-bond donors (Lipinski definition) is 1. The van der Waals surface area contributed by atoms with Gasteiger partial charge < -0.3 is 10.2 Å². The molecule has 2 aromatic rings. The lowest BCUT2D eigenvalue weighted by Gasteiger charge is -2.39. The van der Waals surface area contributed by atoms with E-state index in [1.54, 1.807) is 0 Å². The minimum Gasteiger partial charge on any atom is -0.353 e. The van der Waals surface area contributed by atoms with Crippen LogP contribution in [0.15, 0.2) is 30.3 Å². The minimum absolute atomic E-state index is 0.113. The SMILES string of the molecule is Cc1nc(C)n(CC(C)C(=O)NC2CCN(CC3(c4ccccc4)CCCC3)CC2)n1. The molecule has 1 aliphatic heterocycles. The molecule has 168 valence electrons. The number of hydrogen-bond acceptors (Lipinski definition) is 4. The van der Waals surface area contributed by atoms with E-state index < -0.39 is 0 Å². The summed E-state index contributed by atoms with van der Waals surface area (Å²) in [7, 11) is 0. The van der Waals surface area contributed by atoms with E-state index in [-0.39, 0.29) is 17.9 Å². The lowest BCUT2D eigenvalue weighted by molar-refractivity contribution is -0.126. The maximum Gasteiger partial charge on any atom is 0.224 e. The molecule has 0 spiro atoms. The predicted molar refractivity (Wildman–Crippen MR) is 123 cm³/mol. The Kier molecular flexibility index (Phi) is 6.75. The molecule has 1 N–H and O–H groups in total. The molecule has 6 heteroatoms. The van der Waals surface area contributed by atoms with E-state index in [2.05, 4.69) is 50.6 Å². The number of likely N-dealkylation sites (tertiary alicyclic amines) is 1. The van der Waals surface area contributed by atoms with Crippen molar-refractivity contribution < 1.29 is 4.79 Å². The van der Waals surface area contributed by atoms with Crippen LogP contribution in [-0.4, -0.2) is 51.2 Å². The van der Waals surface area contributed by atoms with Gasteiger partial charge in [-0.15, -0.1) is 0 Å².